The molecular formula is C40H33F3N2O7. The number of hydrogen-bond donors (Lipinski definition) is 2. The third-order valence-corrected chi connectivity index (χ3v) is 8.02. The molecule has 266 valence electrons. The molecule has 0 saturated heterocycles. The van der Waals surface area contributed by atoms with Gasteiger partial charge in [-0.1, -0.05) is 60.2 Å². The van der Waals surface area contributed by atoms with Crippen molar-refractivity contribution in [1.82, 2.24) is 4.90 Å². The second-order valence-corrected chi connectivity index (χ2v) is 11.9. The van der Waals surface area contributed by atoms with Gasteiger partial charge in [-0.25, -0.2) is 4.79 Å². The summed E-state index contributed by atoms with van der Waals surface area (Å²) in [5.74, 6) is -2.87. The summed E-state index contributed by atoms with van der Waals surface area (Å²) >= 11 is 0. The van der Waals surface area contributed by atoms with Crippen molar-refractivity contribution in [2.24, 2.45) is 0 Å². The maximum Gasteiger partial charge on any atom is 0.416 e. The quantitative estimate of drug-likeness (QED) is 0.100. The molecule has 2 N–H and O–H groups in total. The number of anilines is 1. The molecule has 0 bridgehead atoms. The van der Waals surface area contributed by atoms with E-state index in [-0.39, 0.29) is 34.9 Å². The Bertz CT molecular complexity index is 2060. The van der Waals surface area contributed by atoms with Gasteiger partial charge in [0.2, 0.25) is 5.91 Å². The van der Waals surface area contributed by atoms with Crippen molar-refractivity contribution >= 4 is 29.4 Å². The summed E-state index contributed by atoms with van der Waals surface area (Å²) in [5.41, 5.74) is 3.16. The molecule has 0 spiro atoms. The van der Waals surface area contributed by atoms with Gasteiger partial charge in [-0.05, 0) is 89.8 Å². The second kappa shape index (κ2) is 16.1. The van der Waals surface area contributed by atoms with Crippen molar-refractivity contribution in [3.63, 3.8) is 0 Å². The van der Waals surface area contributed by atoms with Gasteiger partial charge in [-0.3, -0.25) is 14.4 Å². The summed E-state index contributed by atoms with van der Waals surface area (Å²) in [6.45, 7) is 1.31. The van der Waals surface area contributed by atoms with Crippen molar-refractivity contribution in [3.8, 4) is 22.6 Å². The van der Waals surface area contributed by atoms with Crippen LogP contribution in [0.1, 0.15) is 43.0 Å². The van der Waals surface area contributed by atoms with E-state index >= 15 is 0 Å². The van der Waals surface area contributed by atoms with Gasteiger partial charge in [-0.15, -0.1) is 0 Å². The first kappa shape index (κ1) is 36.8. The summed E-state index contributed by atoms with van der Waals surface area (Å²) in [4.78, 5) is 51.4. The molecule has 0 atom stereocenters. The number of nitrogens with one attached hydrogen (secondary N) is 1. The molecular weight excluding hydrogens is 677 g/mol. The van der Waals surface area contributed by atoms with Crippen LogP contribution in [-0.2, 0) is 28.7 Å². The number of methoxy groups -OCH3 is 1. The van der Waals surface area contributed by atoms with Crippen molar-refractivity contribution in [3.05, 3.63) is 149 Å². The average Bonchev–Trinajstić information content (AvgIpc) is 3.12. The molecule has 0 unspecified atom stereocenters. The number of hydrogen-bond acceptors (Lipinski definition) is 6. The number of carbonyl (C=O) groups is 4. The van der Waals surface area contributed by atoms with E-state index in [1.54, 1.807) is 36.4 Å². The summed E-state index contributed by atoms with van der Waals surface area (Å²) < 4.78 is 51.0. The largest absolute Gasteiger partial charge is 0.497 e. The first-order valence-electron chi connectivity index (χ1n) is 15.9. The standard InChI is InChI=1S/C40H33F3N2O7/c1-25-3-7-27(8-4-25)28-9-11-30(12-10-28)39(50)52-33-18-5-26(6-19-33)23-45(24-37(47)48)38(49)29-13-16-32(17-14-29)44-36(46)21-31-15-20-34(51-2)22-35(31)40(41,42)43/h3-20,22H,21,23-24H2,1-2H3,(H,44,46)(H,47,48). The first-order chi connectivity index (χ1) is 24.8. The van der Waals surface area contributed by atoms with E-state index < -0.39 is 48.5 Å². The van der Waals surface area contributed by atoms with Gasteiger partial charge in [0.1, 0.15) is 18.0 Å². The SMILES string of the molecule is COc1ccc(CC(=O)Nc2ccc(C(=O)N(CC(=O)O)Cc3ccc(OC(=O)c4ccc(-c5ccc(C)cc5)cc4)cc3)cc2)c(C(F)(F)F)c1. The zero-order chi connectivity index (χ0) is 37.4. The Labute approximate surface area is 297 Å². The van der Waals surface area contributed by atoms with Gasteiger partial charge in [0, 0.05) is 17.8 Å². The summed E-state index contributed by atoms with van der Waals surface area (Å²) in [6, 6.07) is 30.2. The molecule has 9 nitrogen and oxygen atoms in total. The number of ether oxygens (including phenoxy) is 2. The molecule has 0 aliphatic carbocycles. The minimum atomic E-state index is -4.70. The molecule has 5 rings (SSSR count). The Kier molecular flexibility index (Phi) is 11.4. The fraction of sp³-hybridized carbons (Fsp3) is 0.150. The van der Waals surface area contributed by atoms with Gasteiger partial charge in [-0.2, -0.15) is 13.2 Å². The number of aliphatic carboxylic acids is 1. The van der Waals surface area contributed by atoms with Crippen LogP contribution in [0.4, 0.5) is 18.9 Å². The monoisotopic (exact) mass is 710 g/mol. The van der Waals surface area contributed by atoms with E-state index in [1.807, 2.05) is 43.3 Å². The molecule has 2 amide bonds. The number of benzene rings is 5. The number of nitrogens with zero attached hydrogens (tertiary/aromatic N) is 1. The van der Waals surface area contributed by atoms with Crippen LogP contribution in [-0.4, -0.2) is 47.4 Å². The number of amides is 2. The van der Waals surface area contributed by atoms with Crippen LogP contribution in [0.15, 0.2) is 115 Å². The van der Waals surface area contributed by atoms with Gasteiger partial charge in [0.25, 0.3) is 5.91 Å². The summed E-state index contributed by atoms with van der Waals surface area (Å²) in [5, 5.41) is 12.0. The van der Waals surface area contributed by atoms with Crippen LogP contribution in [0.5, 0.6) is 11.5 Å². The van der Waals surface area contributed by atoms with E-state index in [0.29, 0.717) is 11.1 Å². The Balaban J connectivity index is 1.19. The second-order valence-electron chi connectivity index (χ2n) is 11.9. The van der Waals surface area contributed by atoms with Gasteiger partial charge < -0.3 is 24.8 Å². The maximum atomic E-state index is 13.5. The van der Waals surface area contributed by atoms with Gasteiger partial charge >= 0.3 is 18.1 Å². The topological polar surface area (TPSA) is 122 Å². The Morgan fingerprint density at radius 2 is 1.33 bits per heavy atom. The lowest BCUT2D eigenvalue weighted by atomic mass is 10.0. The average molecular weight is 711 g/mol. The highest BCUT2D eigenvalue weighted by Crippen LogP contribution is 2.35. The number of carboxylic acid groups (broad SMARTS) is 1. The van der Waals surface area contributed by atoms with Crippen molar-refractivity contribution in [2.75, 3.05) is 19.0 Å². The van der Waals surface area contributed by atoms with E-state index in [0.717, 1.165) is 27.7 Å². The fourth-order valence-electron chi connectivity index (χ4n) is 5.31. The molecule has 5 aromatic carbocycles. The van der Waals surface area contributed by atoms with Crippen LogP contribution in [0.2, 0.25) is 0 Å². The van der Waals surface area contributed by atoms with E-state index in [2.05, 4.69) is 5.32 Å². The lowest BCUT2D eigenvalue weighted by Crippen LogP contribution is -2.35. The highest BCUT2D eigenvalue weighted by atomic mass is 19.4. The van der Waals surface area contributed by atoms with Crippen LogP contribution >= 0.6 is 0 Å². The van der Waals surface area contributed by atoms with Crippen LogP contribution in [0, 0.1) is 6.92 Å². The predicted octanol–water partition coefficient (Wildman–Crippen LogP) is 7.82. The third-order valence-electron chi connectivity index (χ3n) is 8.02. The highest BCUT2D eigenvalue weighted by molar-refractivity contribution is 5.97. The molecule has 0 radical (unpaired) electrons. The highest BCUT2D eigenvalue weighted by Gasteiger charge is 2.34. The molecule has 0 aliphatic rings. The molecule has 0 aromatic heterocycles. The summed E-state index contributed by atoms with van der Waals surface area (Å²) in [7, 11) is 1.24. The first-order valence-corrected chi connectivity index (χ1v) is 15.9. The Morgan fingerprint density at radius 3 is 1.90 bits per heavy atom. The molecule has 12 heteroatoms. The number of rotatable bonds is 12. The predicted molar refractivity (Wildman–Crippen MR) is 187 cm³/mol. The zero-order valence-corrected chi connectivity index (χ0v) is 28.1. The minimum absolute atomic E-state index is 0.00295. The number of alkyl halides is 3. The van der Waals surface area contributed by atoms with Crippen LogP contribution in [0.25, 0.3) is 11.1 Å². The number of carbonyl (C=O) groups excluding carboxylic acids is 3. The summed E-state index contributed by atoms with van der Waals surface area (Å²) in [6.07, 6.45) is -5.26. The third kappa shape index (κ3) is 9.63. The fourth-order valence-corrected chi connectivity index (χ4v) is 5.31. The Morgan fingerprint density at radius 1 is 0.750 bits per heavy atom. The number of halogens is 3. The Hall–Kier alpha value is -6.43. The minimum Gasteiger partial charge on any atom is -0.497 e. The molecule has 0 fully saturated rings. The molecule has 0 saturated carbocycles. The van der Waals surface area contributed by atoms with Crippen molar-refractivity contribution in [2.45, 2.75) is 26.1 Å². The van der Waals surface area contributed by atoms with E-state index in [1.165, 1.54) is 43.5 Å². The molecule has 0 heterocycles. The number of aryl methyl sites for hydroxylation is 1. The van der Waals surface area contributed by atoms with Crippen LogP contribution in [0.3, 0.4) is 0 Å². The lowest BCUT2D eigenvalue weighted by molar-refractivity contribution is -0.139. The van der Waals surface area contributed by atoms with Gasteiger partial charge in [0.15, 0.2) is 0 Å². The zero-order valence-electron chi connectivity index (χ0n) is 28.1. The van der Waals surface area contributed by atoms with Crippen molar-refractivity contribution < 1.29 is 46.9 Å². The number of carboxylic acids is 1. The molecule has 5 aromatic rings. The van der Waals surface area contributed by atoms with E-state index in [9.17, 15) is 37.5 Å². The maximum absolute atomic E-state index is 13.5. The lowest BCUT2D eigenvalue weighted by Gasteiger charge is -2.21. The number of esters is 1. The van der Waals surface area contributed by atoms with Gasteiger partial charge in [0.05, 0.1) is 24.7 Å². The molecule has 52 heavy (non-hydrogen) atoms. The van der Waals surface area contributed by atoms with Crippen LogP contribution < -0.4 is 14.8 Å². The normalized spacial score (nSPS) is 11.0. The molecule has 0 aliphatic heterocycles. The van der Waals surface area contributed by atoms with E-state index in [4.69, 9.17) is 9.47 Å². The van der Waals surface area contributed by atoms with Crippen molar-refractivity contribution in [1.29, 1.82) is 0 Å². The smallest absolute Gasteiger partial charge is 0.416 e.